The second-order valence-electron chi connectivity index (χ2n) is 4.67. The number of nitrogens with zero attached hydrogens (tertiary/aromatic N) is 2. The Kier molecular flexibility index (Phi) is 5.19. The van der Waals surface area contributed by atoms with Gasteiger partial charge in [0.05, 0.1) is 20.9 Å². The van der Waals surface area contributed by atoms with E-state index in [0.29, 0.717) is 11.4 Å². The largest absolute Gasteiger partial charge is 0.257 e. The molecule has 114 valence electrons. The molecule has 0 amide bonds. The van der Waals surface area contributed by atoms with Crippen molar-refractivity contribution in [1.82, 2.24) is 9.29 Å². The molecule has 2 heterocycles. The molecule has 0 unspecified atom stereocenters. The first-order chi connectivity index (χ1) is 9.84. The van der Waals surface area contributed by atoms with Gasteiger partial charge in [-0.05, 0) is 48.0 Å². The summed E-state index contributed by atoms with van der Waals surface area (Å²) in [6, 6.07) is 7.31. The number of halogens is 1. The van der Waals surface area contributed by atoms with Crippen molar-refractivity contribution in [3.8, 4) is 0 Å². The van der Waals surface area contributed by atoms with Gasteiger partial charge in [0.15, 0.2) is 0 Å². The molecule has 0 fully saturated rings. The Balaban J connectivity index is 2.34. The van der Waals surface area contributed by atoms with Crippen LogP contribution in [0, 0.1) is 13.8 Å². The molecule has 2 aromatic heterocycles. The summed E-state index contributed by atoms with van der Waals surface area (Å²) in [6.07, 6.45) is 0. The second-order valence-corrected chi connectivity index (χ2v) is 9.21. The van der Waals surface area contributed by atoms with E-state index in [1.165, 1.54) is 15.6 Å². The third-order valence-electron chi connectivity index (χ3n) is 3.10. The minimum Gasteiger partial charge on any atom is -0.257 e. The average Bonchev–Trinajstić information content (AvgIpc) is 2.75. The summed E-state index contributed by atoms with van der Waals surface area (Å²) in [7, 11) is -3.50. The molecule has 21 heavy (non-hydrogen) atoms. The van der Waals surface area contributed by atoms with Crippen LogP contribution >= 0.6 is 27.3 Å². The van der Waals surface area contributed by atoms with E-state index in [9.17, 15) is 8.42 Å². The number of rotatable bonds is 5. The van der Waals surface area contributed by atoms with Crippen LogP contribution in [0.5, 0.6) is 0 Å². The predicted octanol–water partition coefficient (Wildman–Crippen LogP) is 3.73. The second kappa shape index (κ2) is 6.56. The first-order valence-corrected chi connectivity index (χ1v) is 9.58. The molecule has 0 spiro atoms. The number of aromatic nitrogens is 1. The van der Waals surface area contributed by atoms with E-state index in [2.05, 4.69) is 20.9 Å². The van der Waals surface area contributed by atoms with E-state index in [1.807, 2.05) is 39.0 Å². The summed E-state index contributed by atoms with van der Waals surface area (Å²) >= 11 is 4.77. The number of pyridine rings is 1. The molecule has 0 saturated heterocycles. The van der Waals surface area contributed by atoms with E-state index in [1.54, 1.807) is 6.07 Å². The summed E-state index contributed by atoms with van der Waals surface area (Å²) in [5.41, 5.74) is 1.64. The molecule has 0 bridgehead atoms. The van der Waals surface area contributed by atoms with Crippen molar-refractivity contribution in [3.05, 3.63) is 44.3 Å². The van der Waals surface area contributed by atoms with Gasteiger partial charge in [-0.1, -0.05) is 13.0 Å². The quantitative estimate of drug-likeness (QED) is 0.783. The minimum atomic E-state index is -3.50. The third-order valence-corrected chi connectivity index (χ3v) is 6.83. The van der Waals surface area contributed by atoms with Gasteiger partial charge >= 0.3 is 0 Å². The van der Waals surface area contributed by atoms with Gasteiger partial charge in [-0.25, -0.2) is 8.42 Å². The lowest BCUT2D eigenvalue weighted by Crippen LogP contribution is -2.31. The molecular formula is C14H17BrN2O2S2. The van der Waals surface area contributed by atoms with E-state index in [0.717, 1.165) is 20.1 Å². The number of aryl methyl sites for hydroxylation is 2. The number of thiophene rings is 1. The van der Waals surface area contributed by atoms with Gasteiger partial charge in [0, 0.05) is 17.1 Å². The summed E-state index contributed by atoms with van der Waals surface area (Å²) in [4.78, 5) is 5.54. The molecule has 0 aromatic carbocycles. The van der Waals surface area contributed by atoms with E-state index in [4.69, 9.17) is 0 Å². The van der Waals surface area contributed by atoms with E-state index >= 15 is 0 Å². The molecule has 0 aliphatic heterocycles. The number of hydrogen-bond donors (Lipinski definition) is 0. The number of sulfonamides is 1. The lowest BCUT2D eigenvalue weighted by atomic mass is 10.3. The topological polar surface area (TPSA) is 50.3 Å². The Labute approximate surface area is 138 Å². The molecule has 2 rings (SSSR count). The van der Waals surface area contributed by atoms with Crippen molar-refractivity contribution >= 4 is 37.3 Å². The van der Waals surface area contributed by atoms with Crippen LogP contribution in [0.4, 0.5) is 0 Å². The van der Waals surface area contributed by atoms with Crippen LogP contribution in [0.3, 0.4) is 0 Å². The highest BCUT2D eigenvalue weighted by molar-refractivity contribution is 9.11. The molecule has 2 aromatic rings. The van der Waals surface area contributed by atoms with Crippen molar-refractivity contribution in [2.45, 2.75) is 32.2 Å². The molecule has 0 aliphatic rings. The molecule has 0 aliphatic carbocycles. The Bertz CT molecular complexity index is 741. The first kappa shape index (κ1) is 16.6. The van der Waals surface area contributed by atoms with Crippen LogP contribution in [-0.4, -0.2) is 24.3 Å². The fourth-order valence-electron chi connectivity index (χ4n) is 2.06. The monoisotopic (exact) mass is 388 g/mol. The van der Waals surface area contributed by atoms with Crippen LogP contribution in [0.1, 0.15) is 23.2 Å². The Morgan fingerprint density at radius 1 is 1.33 bits per heavy atom. The van der Waals surface area contributed by atoms with Crippen molar-refractivity contribution in [1.29, 1.82) is 0 Å². The predicted molar refractivity (Wildman–Crippen MR) is 89.0 cm³/mol. The van der Waals surface area contributed by atoms with Crippen LogP contribution in [-0.2, 0) is 16.6 Å². The Morgan fingerprint density at radius 3 is 2.57 bits per heavy atom. The van der Waals surface area contributed by atoms with Gasteiger partial charge in [-0.15, -0.1) is 11.3 Å². The highest BCUT2D eigenvalue weighted by Gasteiger charge is 2.26. The van der Waals surface area contributed by atoms with E-state index < -0.39 is 10.0 Å². The smallest absolute Gasteiger partial charge is 0.244 e. The third kappa shape index (κ3) is 3.71. The maximum absolute atomic E-state index is 12.8. The molecule has 7 heteroatoms. The summed E-state index contributed by atoms with van der Waals surface area (Å²) < 4.78 is 27.8. The highest BCUT2D eigenvalue weighted by atomic mass is 79.9. The fourth-order valence-corrected chi connectivity index (χ4v) is 5.86. The molecule has 0 atom stereocenters. The summed E-state index contributed by atoms with van der Waals surface area (Å²) in [5, 5.41) is 0. The Morgan fingerprint density at radius 2 is 2.05 bits per heavy atom. The molecule has 0 radical (unpaired) electrons. The maximum Gasteiger partial charge on any atom is 0.244 e. The molecule has 0 saturated carbocycles. The van der Waals surface area contributed by atoms with Crippen molar-refractivity contribution in [2.75, 3.05) is 6.54 Å². The first-order valence-electron chi connectivity index (χ1n) is 6.53. The average molecular weight is 389 g/mol. The van der Waals surface area contributed by atoms with Crippen molar-refractivity contribution in [3.63, 3.8) is 0 Å². The van der Waals surface area contributed by atoms with Gasteiger partial charge in [0.2, 0.25) is 10.0 Å². The standard InChI is InChI=1S/C14H17BrN2O2S2/c1-4-17(9-12-7-5-6-10(2)16-12)21(18,19)13-8-14(15)20-11(13)3/h5-8H,4,9H2,1-3H3. The fraction of sp³-hybridized carbons (Fsp3) is 0.357. The van der Waals surface area contributed by atoms with Crippen LogP contribution < -0.4 is 0 Å². The number of hydrogen-bond acceptors (Lipinski definition) is 4. The van der Waals surface area contributed by atoms with Gasteiger partial charge in [-0.3, -0.25) is 4.98 Å². The van der Waals surface area contributed by atoms with E-state index in [-0.39, 0.29) is 6.54 Å². The van der Waals surface area contributed by atoms with Crippen LogP contribution in [0.15, 0.2) is 32.9 Å². The summed E-state index contributed by atoms with van der Waals surface area (Å²) in [5.74, 6) is 0. The lowest BCUT2D eigenvalue weighted by molar-refractivity contribution is 0.418. The van der Waals surface area contributed by atoms with Crippen molar-refractivity contribution < 1.29 is 8.42 Å². The lowest BCUT2D eigenvalue weighted by Gasteiger charge is -2.20. The Hall–Kier alpha value is -0.760. The highest BCUT2D eigenvalue weighted by Crippen LogP contribution is 2.31. The minimum absolute atomic E-state index is 0.285. The normalized spacial score (nSPS) is 12.0. The zero-order chi connectivity index (χ0) is 15.6. The van der Waals surface area contributed by atoms with Gasteiger partial charge in [0.1, 0.15) is 0 Å². The van der Waals surface area contributed by atoms with Gasteiger partial charge in [-0.2, -0.15) is 4.31 Å². The molecular weight excluding hydrogens is 372 g/mol. The SMILES string of the molecule is CCN(Cc1cccc(C)n1)S(=O)(=O)c1cc(Br)sc1C. The molecule has 4 nitrogen and oxygen atoms in total. The van der Waals surface area contributed by atoms with Crippen molar-refractivity contribution in [2.24, 2.45) is 0 Å². The molecule has 0 N–H and O–H groups in total. The maximum atomic E-state index is 12.8. The van der Waals surface area contributed by atoms with Gasteiger partial charge in [0.25, 0.3) is 0 Å². The van der Waals surface area contributed by atoms with Crippen LogP contribution in [0.25, 0.3) is 0 Å². The summed E-state index contributed by atoms with van der Waals surface area (Å²) in [6.45, 7) is 6.25. The zero-order valence-corrected chi connectivity index (χ0v) is 15.3. The van der Waals surface area contributed by atoms with Gasteiger partial charge < -0.3 is 0 Å². The van der Waals surface area contributed by atoms with Crippen LogP contribution in [0.2, 0.25) is 0 Å². The zero-order valence-electron chi connectivity index (χ0n) is 12.1.